The smallest absolute Gasteiger partial charge is 0.341 e. The fourth-order valence-corrected chi connectivity index (χ4v) is 4.03. The summed E-state index contributed by atoms with van der Waals surface area (Å²) in [4.78, 5) is 11.8. The number of carboxylic acids is 1. The molecule has 0 aliphatic carbocycles. The van der Waals surface area contributed by atoms with Gasteiger partial charge in [0.15, 0.2) is 6.61 Å². The fourth-order valence-electron chi connectivity index (χ4n) is 2.91. The highest BCUT2D eigenvalue weighted by molar-refractivity contribution is 7.99. The molecule has 0 saturated heterocycles. The van der Waals surface area contributed by atoms with Crippen LogP contribution in [-0.2, 0) is 4.79 Å². The lowest BCUT2D eigenvalue weighted by Crippen LogP contribution is -2.09. The normalized spacial score (nSPS) is 11.3. The van der Waals surface area contributed by atoms with Gasteiger partial charge in [0.2, 0.25) is 0 Å². The van der Waals surface area contributed by atoms with Crippen molar-refractivity contribution in [3.8, 4) is 5.75 Å². The predicted octanol–water partition coefficient (Wildman–Crippen LogP) is 6.34. The fraction of sp³-hybridized carbons (Fsp3) is 0.125. The molecule has 0 spiro atoms. The van der Waals surface area contributed by atoms with E-state index in [2.05, 4.69) is 18.2 Å². The molecule has 0 amide bonds. The molecule has 29 heavy (non-hydrogen) atoms. The van der Waals surface area contributed by atoms with Crippen LogP contribution in [0.3, 0.4) is 0 Å². The number of aliphatic carboxylic acids is 1. The van der Waals surface area contributed by atoms with Crippen LogP contribution >= 0.6 is 23.4 Å². The number of ether oxygens (including phenoxy) is 1. The minimum absolute atomic E-state index is 0.340. The van der Waals surface area contributed by atoms with Crippen LogP contribution in [-0.4, -0.2) is 23.4 Å². The average Bonchev–Trinajstić information content (AvgIpc) is 2.72. The highest BCUT2D eigenvalue weighted by Gasteiger charge is 2.09. The highest BCUT2D eigenvalue weighted by Crippen LogP contribution is 2.31. The van der Waals surface area contributed by atoms with E-state index >= 15 is 0 Å². The second-order valence-corrected chi connectivity index (χ2v) is 7.85. The molecule has 0 aliphatic rings. The molecular weight excluding hydrogens is 404 g/mol. The van der Waals surface area contributed by atoms with Crippen molar-refractivity contribution in [2.75, 3.05) is 12.4 Å². The molecule has 0 aliphatic heterocycles. The zero-order valence-electron chi connectivity index (χ0n) is 16.0. The van der Waals surface area contributed by atoms with Gasteiger partial charge < -0.3 is 9.84 Å². The maximum Gasteiger partial charge on any atom is 0.341 e. The summed E-state index contributed by atoms with van der Waals surface area (Å²) in [5.41, 5.74) is 4.28. The molecule has 3 nitrogen and oxygen atoms in total. The number of halogens is 1. The van der Waals surface area contributed by atoms with Gasteiger partial charge in [-0.2, -0.15) is 0 Å². The lowest BCUT2D eigenvalue weighted by molar-refractivity contribution is -0.139. The van der Waals surface area contributed by atoms with Gasteiger partial charge in [0.25, 0.3) is 0 Å². The number of benzene rings is 3. The number of hydrogen-bond acceptors (Lipinski definition) is 3. The van der Waals surface area contributed by atoms with Crippen LogP contribution < -0.4 is 4.74 Å². The van der Waals surface area contributed by atoms with Crippen LogP contribution in [0, 0.1) is 6.92 Å². The Kier molecular flexibility index (Phi) is 7.39. The molecule has 3 aromatic carbocycles. The van der Waals surface area contributed by atoms with E-state index in [9.17, 15) is 4.79 Å². The molecule has 3 rings (SSSR count). The lowest BCUT2D eigenvalue weighted by Gasteiger charge is -2.11. The van der Waals surface area contributed by atoms with E-state index in [-0.39, 0.29) is 6.61 Å². The third-order valence-corrected chi connectivity index (χ3v) is 5.72. The molecule has 0 unspecified atom stereocenters. The molecule has 148 valence electrons. The van der Waals surface area contributed by atoms with Crippen LogP contribution in [0.25, 0.3) is 5.57 Å². The predicted molar refractivity (Wildman–Crippen MR) is 120 cm³/mol. The van der Waals surface area contributed by atoms with Gasteiger partial charge in [0, 0.05) is 21.2 Å². The SMILES string of the molecule is Cc1cc(OCC(=O)O)ccc1SC/C=C(/c1ccccc1)c1ccccc1Cl. The van der Waals surface area contributed by atoms with Crippen molar-refractivity contribution in [1.29, 1.82) is 0 Å². The van der Waals surface area contributed by atoms with Crippen molar-refractivity contribution < 1.29 is 14.6 Å². The summed E-state index contributed by atoms with van der Waals surface area (Å²) in [5, 5.41) is 9.45. The maximum atomic E-state index is 10.6. The summed E-state index contributed by atoms with van der Waals surface area (Å²) in [5.74, 6) is 0.344. The summed E-state index contributed by atoms with van der Waals surface area (Å²) in [6, 6.07) is 23.7. The van der Waals surface area contributed by atoms with E-state index in [1.807, 2.05) is 61.5 Å². The molecular formula is C24H21ClO3S. The zero-order chi connectivity index (χ0) is 20.6. The molecule has 0 aromatic heterocycles. The molecule has 0 atom stereocenters. The van der Waals surface area contributed by atoms with E-state index < -0.39 is 5.97 Å². The van der Waals surface area contributed by atoms with Gasteiger partial charge in [-0.25, -0.2) is 4.79 Å². The number of thioether (sulfide) groups is 1. The van der Waals surface area contributed by atoms with E-state index in [0.29, 0.717) is 5.75 Å². The second kappa shape index (κ2) is 10.2. The third-order valence-electron chi connectivity index (χ3n) is 4.28. The van der Waals surface area contributed by atoms with Gasteiger partial charge in [0.05, 0.1) is 0 Å². The first-order chi connectivity index (χ1) is 14.0. The zero-order valence-corrected chi connectivity index (χ0v) is 17.5. The Morgan fingerprint density at radius 3 is 2.48 bits per heavy atom. The first-order valence-corrected chi connectivity index (χ1v) is 10.5. The van der Waals surface area contributed by atoms with Crippen LogP contribution in [0.5, 0.6) is 5.75 Å². The summed E-state index contributed by atoms with van der Waals surface area (Å²) >= 11 is 8.17. The van der Waals surface area contributed by atoms with E-state index in [1.165, 1.54) is 0 Å². The number of aryl methyl sites for hydroxylation is 1. The molecule has 1 N–H and O–H groups in total. The van der Waals surface area contributed by atoms with Gasteiger partial charge in [-0.3, -0.25) is 0 Å². The largest absolute Gasteiger partial charge is 0.482 e. The van der Waals surface area contributed by atoms with Crippen molar-refractivity contribution in [3.05, 3.63) is 101 Å². The van der Waals surface area contributed by atoms with E-state index in [0.717, 1.165) is 37.9 Å². The Morgan fingerprint density at radius 2 is 1.79 bits per heavy atom. The topological polar surface area (TPSA) is 46.5 Å². The van der Waals surface area contributed by atoms with E-state index in [1.54, 1.807) is 17.8 Å². The van der Waals surface area contributed by atoms with Gasteiger partial charge in [-0.05, 0) is 47.9 Å². The van der Waals surface area contributed by atoms with Crippen molar-refractivity contribution in [2.45, 2.75) is 11.8 Å². The summed E-state index contributed by atoms with van der Waals surface area (Å²) < 4.78 is 5.24. The van der Waals surface area contributed by atoms with Gasteiger partial charge >= 0.3 is 5.97 Å². The first kappa shape index (κ1) is 21.0. The minimum atomic E-state index is -0.987. The summed E-state index contributed by atoms with van der Waals surface area (Å²) in [6.07, 6.45) is 2.19. The molecule has 0 saturated carbocycles. The monoisotopic (exact) mass is 424 g/mol. The molecule has 0 bridgehead atoms. The molecule has 0 heterocycles. The Bertz CT molecular complexity index is 1020. The standard InChI is InChI=1S/C24H21ClO3S/c1-17-15-19(28-16-24(26)27)11-12-23(17)29-14-13-20(18-7-3-2-4-8-18)21-9-5-6-10-22(21)25/h2-13,15H,14,16H2,1H3,(H,26,27)/b20-13-. The Balaban J connectivity index is 1.78. The molecule has 5 heteroatoms. The van der Waals surface area contributed by atoms with Crippen LogP contribution in [0.4, 0.5) is 0 Å². The van der Waals surface area contributed by atoms with Gasteiger partial charge in [-0.1, -0.05) is 66.2 Å². The van der Waals surface area contributed by atoms with Crippen LogP contribution in [0.15, 0.2) is 83.8 Å². The van der Waals surface area contributed by atoms with E-state index in [4.69, 9.17) is 21.4 Å². The maximum absolute atomic E-state index is 10.6. The number of hydrogen-bond donors (Lipinski definition) is 1. The lowest BCUT2D eigenvalue weighted by atomic mass is 9.98. The first-order valence-electron chi connectivity index (χ1n) is 9.13. The quantitative estimate of drug-likeness (QED) is 0.429. The average molecular weight is 425 g/mol. The minimum Gasteiger partial charge on any atom is -0.482 e. The Morgan fingerprint density at radius 1 is 1.07 bits per heavy atom. The van der Waals surface area contributed by atoms with Crippen molar-refractivity contribution in [3.63, 3.8) is 0 Å². The number of rotatable bonds is 8. The molecule has 0 fully saturated rings. The van der Waals surface area contributed by atoms with Gasteiger partial charge in [-0.15, -0.1) is 11.8 Å². The molecule has 0 radical (unpaired) electrons. The van der Waals surface area contributed by atoms with Crippen molar-refractivity contribution >= 4 is 34.9 Å². The summed E-state index contributed by atoms with van der Waals surface area (Å²) in [7, 11) is 0. The van der Waals surface area contributed by atoms with Crippen LogP contribution in [0.2, 0.25) is 5.02 Å². The Hall–Kier alpha value is -2.69. The van der Waals surface area contributed by atoms with Crippen LogP contribution in [0.1, 0.15) is 16.7 Å². The van der Waals surface area contributed by atoms with Crippen molar-refractivity contribution in [1.82, 2.24) is 0 Å². The summed E-state index contributed by atoms with van der Waals surface area (Å²) in [6.45, 7) is 1.65. The Labute approximate surface area is 180 Å². The number of carbonyl (C=O) groups is 1. The van der Waals surface area contributed by atoms with Gasteiger partial charge in [0.1, 0.15) is 5.75 Å². The molecule has 3 aromatic rings. The second-order valence-electron chi connectivity index (χ2n) is 6.38. The highest BCUT2D eigenvalue weighted by atomic mass is 35.5. The number of carboxylic acid groups (broad SMARTS) is 1. The van der Waals surface area contributed by atoms with Crippen molar-refractivity contribution in [2.24, 2.45) is 0 Å². The third kappa shape index (κ3) is 5.89.